The third-order valence-corrected chi connectivity index (χ3v) is 2.97. The Morgan fingerprint density at radius 2 is 2.00 bits per heavy atom. The maximum absolute atomic E-state index is 10.5. The number of hydrogen-bond donors (Lipinski definition) is 0. The lowest BCUT2D eigenvalue weighted by atomic mass is 10.00. The van der Waals surface area contributed by atoms with Gasteiger partial charge >= 0.3 is 0 Å². The Morgan fingerprint density at radius 1 is 1.22 bits per heavy atom. The lowest BCUT2D eigenvalue weighted by Gasteiger charge is -2.18. The molecule has 0 saturated carbocycles. The molecule has 1 heterocycles. The Balaban J connectivity index is 2.71. The zero-order chi connectivity index (χ0) is 13.0. The van der Waals surface area contributed by atoms with Crippen LogP contribution in [0.25, 0.3) is 0 Å². The van der Waals surface area contributed by atoms with E-state index in [4.69, 9.17) is 4.74 Å². The normalized spacial score (nSPS) is 13.4. The lowest BCUT2D eigenvalue weighted by molar-refractivity contribution is 0.302. The maximum atomic E-state index is 10.5. The smallest absolute Gasteiger partial charge is 0.240 e. The molecule has 1 aromatic rings. The molecule has 5 nitrogen and oxygen atoms in total. The minimum atomic E-state index is 0.507. The van der Waals surface area contributed by atoms with Gasteiger partial charge in [0, 0.05) is 5.56 Å². The summed E-state index contributed by atoms with van der Waals surface area (Å²) in [4.78, 5) is 28.3. The first-order chi connectivity index (χ1) is 8.77. The molecule has 92 valence electrons. The van der Waals surface area contributed by atoms with E-state index in [-0.39, 0.29) is 0 Å². The van der Waals surface area contributed by atoms with E-state index in [0.717, 1.165) is 24.8 Å². The van der Waals surface area contributed by atoms with Gasteiger partial charge in [-0.25, -0.2) is 9.59 Å². The molecule has 0 spiro atoms. The molecule has 2 bridgehead atoms. The Bertz CT molecular complexity index is 568. The number of ether oxygens (including phenoxy) is 1. The van der Waals surface area contributed by atoms with Gasteiger partial charge in [-0.2, -0.15) is 9.98 Å². The molecule has 1 aromatic carbocycles. The van der Waals surface area contributed by atoms with Crippen LogP contribution in [-0.2, 0) is 16.0 Å². The van der Waals surface area contributed by atoms with Crippen LogP contribution < -0.4 is 4.74 Å². The van der Waals surface area contributed by atoms with Crippen molar-refractivity contribution in [3.63, 3.8) is 0 Å². The van der Waals surface area contributed by atoms with Crippen LogP contribution in [0.3, 0.4) is 0 Å². The van der Waals surface area contributed by atoms with Crippen LogP contribution in [0.1, 0.15) is 24.0 Å². The quantitative estimate of drug-likeness (QED) is 0.593. The largest absolute Gasteiger partial charge is 0.491 e. The Morgan fingerprint density at radius 3 is 2.72 bits per heavy atom. The van der Waals surface area contributed by atoms with Crippen LogP contribution in [-0.4, -0.2) is 18.8 Å². The van der Waals surface area contributed by atoms with E-state index >= 15 is 0 Å². The monoisotopic (exact) mass is 244 g/mol. The van der Waals surface area contributed by atoms with Crippen molar-refractivity contribution >= 4 is 23.5 Å². The van der Waals surface area contributed by atoms with Gasteiger partial charge in [0.15, 0.2) is 5.75 Å². The average Bonchev–Trinajstić information content (AvgIpc) is 2.35. The predicted octanol–water partition coefficient (Wildman–Crippen LogP) is 2.64. The van der Waals surface area contributed by atoms with Gasteiger partial charge in [-0.15, -0.1) is 0 Å². The second-order valence-electron chi connectivity index (χ2n) is 4.07. The van der Waals surface area contributed by atoms with E-state index in [2.05, 4.69) is 9.98 Å². The summed E-state index contributed by atoms with van der Waals surface area (Å²) in [6.45, 7) is 2.34. The van der Waals surface area contributed by atoms with Crippen molar-refractivity contribution in [3.8, 4) is 5.75 Å². The van der Waals surface area contributed by atoms with E-state index in [0.29, 0.717) is 29.3 Å². The number of nitrogens with zero attached hydrogens (tertiary/aromatic N) is 2. The molecule has 0 aromatic heterocycles. The highest BCUT2D eigenvalue weighted by Gasteiger charge is 2.18. The van der Waals surface area contributed by atoms with E-state index in [1.165, 1.54) is 6.08 Å². The molecule has 0 amide bonds. The number of hydrogen-bond acceptors (Lipinski definition) is 5. The van der Waals surface area contributed by atoms with Crippen molar-refractivity contribution in [2.45, 2.75) is 26.2 Å². The predicted molar refractivity (Wildman–Crippen MR) is 65.2 cm³/mol. The first kappa shape index (κ1) is 12.2. The number of isocyanates is 2. The molecule has 18 heavy (non-hydrogen) atoms. The minimum Gasteiger partial charge on any atom is -0.491 e. The summed E-state index contributed by atoms with van der Waals surface area (Å²) in [5.41, 5.74) is 2.57. The molecular weight excluding hydrogens is 232 g/mol. The number of fused-ring (bicyclic) bond motifs is 2. The van der Waals surface area contributed by atoms with Crippen molar-refractivity contribution < 1.29 is 14.3 Å². The average molecular weight is 244 g/mol. The fraction of sp³-hybridized carbons (Fsp3) is 0.385. The van der Waals surface area contributed by atoms with Gasteiger partial charge in [0.1, 0.15) is 5.69 Å². The molecule has 2 rings (SSSR count). The molecular formula is C13H12N2O3. The van der Waals surface area contributed by atoms with Crippen molar-refractivity contribution in [2.24, 2.45) is 9.98 Å². The number of carbonyl (C=O) groups excluding carboxylic acids is 2. The lowest BCUT2D eigenvalue weighted by Crippen LogP contribution is -2.05. The topological polar surface area (TPSA) is 68.1 Å². The zero-order valence-electron chi connectivity index (χ0n) is 10.0. The van der Waals surface area contributed by atoms with Gasteiger partial charge in [-0.05, 0) is 37.8 Å². The fourth-order valence-corrected chi connectivity index (χ4v) is 2.07. The Hall–Kier alpha value is -2.22. The van der Waals surface area contributed by atoms with Crippen LogP contribution in [0, 0.1) is 6.92 Å². The van der Waals surface area contributed by atoms with Gasteiger partial charge in [0.25, 0.3) is 0 Å². The second-order valence-corrected chi connectivity index (χ2v) is 4.07. The minimum absolute atomic E-state index is 0.507. The van der Waals surface area contributed by atoms with Gasteiger partial charge in [-0.1, -0.05) is 0 Å². The highest BCUT2D eigenvalue weighted by Crippen LogP contribution is 2.42. The summed E-state index contributed by atoms with van der Waals surface area (Å²) < 4.78 is 5.63. The van der Waals surface area contributed by atoms with E-state index in [1.54, 1.807) is 19.1 Å². The van der Waals surface area contributed by atoms with E-state index in [1.807, 2.05) is 0 Å². The van der Waals surface area contributed by atoms with Gasteiger partial charge < -0.3 is 4.74 Å². The highest BCUT2D eigenvalue weighted by molar-refractivity contribution is 5.73. The third-order valence-electron chi connectivity index (χ3n) is 2.97. The number of aliphatic imine (C=N–C) groups is 2. The molecule has 0 fully saturated rings. The molecule has 5 heteroatoms. The van der Waals surface area contributed by atoms with Crippen LogP contribution in [0.4, 0.5) is 11.4 Å². The standard InChI is InChI=1S/C13H12N2O3/c1-9-11(14-7-16)6-10-4-2-3-5-18-13(9)12(10)15-8-17/h6H,2-5H2,1H3. The molecule has 0 unspecified atom stereocenters. The van der Waals surface area contributed by atoms with Crippen molar-refractivity contribution in [1.29, 1.82) is 0 Å². The van der Waals surface area contributed by atoms with Gasteiger partial charge in [0.05, 0.1) is 12.3 Å². The first-order valence-electron chi connectivity index (χ1n) is 5.73. The summed E-state index contributed by atoms with van der Waals surface area (Å²) in [6, 6.07) is 1.76. The van der Waals surface area contributed by atoms with Crippen LogP contribution in [0.2, 0.25) is 0 Å². The molecule has 0 N–H and O–H groups in total. The Kier molecular flexibility index (Phi) is 3.68. The van der Waals surface area contributed by atoms with Gasteiger partial charge in [0.2, 0.25) is 12.2 Å². The molecule has 0 saturated heterocycles. The Labute approximate surface area is 104 Å². The summed E-state index contributed by atoms with van der Waals surface area (Å²) in [7, 11) is 0. The third kappa shape index (κ3) is 2.23. The molecule has 1 aliphatic heterocycles. The first-order valence-corrected chi connectivity index (χ1v) is 5.73. The maximum Gasteiger partial charge on any atom is 0.240 e. The van der Waals surface area contributed by atoms with Gasteiger partial charge in [-0.3, -0.25) is 0 Å². The van der Waals surface area contributed by atoms with Crippen molar-refractivity contribution in [2.75, 3.05) is 6.61 Å². The molecule has 0 atom stereocenters. The zero-order valence-corrected chi connectivity index (χ0v) is 10.0. The summed E-state index contributed by atoms with van der Waals surface area (Å²) in [5.74, 6) is 0.518. The molecule has 1 aliphatic rings. The van der Waals surface area contributed by atoms with Crippen molar-refractivity contribution in [1.82, 2.24) is 0 Å². The van der Waals surface area contributed by atoms with Crippen LogP contribution in [0.5, 0.6) is 5.75 Å². The van der Waals surface area contributed by atoms with Crippen molar-refractivity contribution in [3.05, 3.63) is 17.2 Å². The number of rotatable bonds is 2. The van der Waals surface area contributed by atoms with E-state index in [9.17, 15) is 9.59 Å². The second kappa shape index (κ2) is 5.41. The molecule has 0 aliphatic carbocycles. The fourth-order valence-electron chi connectivity index (χ4n) is 2.07. The SMILES string of the molecule is Cc1c(N=C=O)cc2c(N=C=O)c1OCCCC2. The number of benzene rings is 1. The summed E-state index contributed by atoms with van der Waals surface area (Å²) in [5, 5.41) is 0. The number of aryl methyl sites for hydroxylation is 1. The highest BCUT2D eigenvalue weighted by atomic mass is 16.5. The summed E-state index contributed by atoms with van der Waals surface area (Å²) in [6.07, 6.45) is 5.73. The summed E-state index contributed by atoms with van der Waals surface area (Å²) >= 11 is 0. The van der Waals surface area contributed by atoms with Crippen LogP contribution >= 0.6 is 0 Å². The van der Waals surface area contributed by atoms with E-state index < -0.39 is 0 Å². The van der Waals surface area contributed by atoms with Crippen LogP contribution in [0.15, 0.2) is 16.1 Å². The molecule has 0 radical (unpaired) electrons.